The lowest BCUT2D eigenvalue weighted by atomic mass is 10.2. The molecule has 0 radical (unpaired) electrons. The van der Waals surface area contributed by atoms with Crippen LogP contribution in [0, 0.1) is 5.92 Å². The number of hydrogen-bond donors (Lipinski definition) is 2. The fourth-order valence-corrected chi connectivity index (χ4v) is 1.86. The number of aromatic nitrogens is 4. The Morgan fingerprint density at radius 2 is 2.25 bits per heavy atom. The summed E-state index contributed by atoms with van der Waals surface area (Å²) < 4.78 is 1.83. The van der Waals surface area contributed by atoms with E-state index in [9.17, 15) is 5.11 Å². The molecule has 1 unspecified atom stereocenters. The van der Waals surface area contributed by atoms with Gasteiger partial charge < -0.3 is 15.4 Å². The fraction of sp³-hybridized carbons (Fsp3) is 0.500. The number of nitrogen functional groups attached to an aromatic ring is 1. The Kier molecular flexibility index (Phi) is 2.03. The zero-order chi connectivity index (χ0) is 11.1. The number of aliphatic hydroxyl groups is 1. The van der Waals surface area contributed by atoms with E-state index in [4.69, 9.17) is 5.73 Å². The number of rotatable bonds is 3. The van der Waals surface area contributed by atoms with E-state index in [0.29, 0.717) is 29.4 Å². The second kappa shape index (κ2) is 3.41. The van der Waals surface area contributed by atoms with Crippen molar-refractivity contribution in [2.24, 2.45) is 5.92 Å². The molecule has 0 spiro atoms. The predicted molar refractivity (Wildman–Crippen MR) is 58.5 cm³/mol. The Bertz CT molecular complexity index is 519. The first kappa shape index (κ1) is 9.53. The molecule has 3 N–H and O–H groups in total. The molecule has 84 valence electrons. The van der Waals surface area contributed by atoms with E-state index < -0.39 is 0 Å². The molecule has 1 aliphatic rings. The van der Waals surface area contributed by atoms with Crippen molar-refractivity contribution in [3.05, 3.63) is 12.7 Å². The van der Waals surface area contributed by atoms with Gasteiger partial charge in [-0.15, -0.1) is 0 Å². The van der Waals surface area contributed by atoms with Gasteiger partial charge in [0.15, 0.2) is 11.5 Å². The molecule has 2 aromatic rings. The SMILES string of the molecule is Nc1ncnc2c1ncn2CC(O)C1CC1. The van der Waals surface area contributed by atoms with Crippen molar-refractivity contribution in [1.29, 1.82) is 0 Å². The minimum atomic E-state index is -0.311. The van der Waals surface area contributed by atoms with Crippen LogP contribution in [-0.2, 0) is 6.54 Å². The lowest BCUT2D eigenvalue weighted by Crippen LogP contribution is -2.17. The molecule has 1 fully saturated rings. The highest BCUT2D eigenvalue weighted by molar-refractivity contribution is 5.81. The molecule has 1 aliphatic carbocycles. The number of imidazole rings is 1. The second-order valence-electron chi connectivity index (χ2n) is 4.23. The quantitative estimate of drug-likeness (QED) is 0.768. The van der Waals surface area contributed by atoms with Gasteiger partial charge in [0.2, 0.25) is 0 Å². The average Bonchev–Trinajstić information content (AvgIpc) is 3.04. The summed E-state index contributed by atoms with van der Waals surface area (Å²) in [7, 11) is 0. The Morgan fingerprint density at radius 3 is 3.00 bits per heavy atom. The molecule has 2 heterocycles. The molecule has 16 heavy (non-hydrogen) atoms. The maximum Gasteiger partial charge on any atom is 0.165 e. The van der Waals surface area contributed by atoms with E-state index in [0.717, 1.165) is 12.8 Å². The normalized spacial score (nSPS) is 17.8. The van der Waals surface area contributed by atoms with Gasteiger partial charge in [-0.1, -0.05) is 0 Å². The van der Waals surface area contributed by atoms with E-state index in [1.807, 2.05) is 4.57 Å². The van der Waals surface area contributed by atoms with Crippen LogP contribution in [0.4, 0.5) is 5.82 Å². The van der Waals surface area contributed by atoms with Crippen LogP contribution in [0.1, 0.15) is 12.8 Å². The summed E-state index contributed by atoms with van der Waals surface area (Å²) in [5.74, 6) is 0.821. The standard InChI is InChI=1S/C10H13N5O/c11-9-8-10(13-4-12-9)15(5-14-8)3-7(16)6-1-2-6/h4-7,16H,1-3H2,(H2,11,12,13). The highest BCUT2D eigenvalue weighted by Gasteiger charge is 2.30. The van der Waals surface area contributed by atoms with Gasteiger partial charge in [0.25, 0.3) is 0 Å². The van der Waals surface area contributed by atoms with Crippen molar-refractivity contribution >= 4 is 17.0 Å². The molecule has 2 aromatic heterocycles. The van der Waals surface area contributed by atoms with E-state index in [1.54, 1.807) is 6.33 Å². The van der Waals surface area contributed by atoms with Crippen molar-refractivity contribution in [3.63, 3.8) is 0 Å². The van der Waals surface area contributed by atoms with E-state index in [1.165, 1.54) is 6.33 Å². The van der Waals surface area contributed by atoms with Gasteiger partial charge in [0, 0.05) is 0 Å². The maximum atomic E-state index is 9.87. The fourth-order valence-electron chi connectivity index (χ4n) is 1.86. The van der Waals surface area contributed by atoms with Crippen LogP contribution < -0.4 is 5.73 Å². The zero-order valence-electron chi connectivity index (χ0n) is 8.74. The van der Waals surface area contributed by atoms with Crippen molar-refractivity contribution in [3.8, 4) is 0 Å². The molecular formula is C10H13N5O. The van der Waals surface area contributed by atoms with Gasteiger partial charge in [-0.2, -0.15) is 0 Å². The Labute approximate surface area is 92.1 Å². The molecule has 0 aromatic carbocycles. The second-order valence-corrected chi connectivity index (χ2v) is 4.23. The van der Waals surface area contributed by atoms with Crippen LogP contribution in [-0.4, -0.2) is 30.7 Å². The maximum absolute atomic E-state index is 9.87. The van der Waals surface area contributed by atoms with E-state index >= 15 is 0 Å². The Morgan fingerprint density at radius 1 is 1.44 bits per heavy atom. The first-order chi connectivity index (χ1) is 7.75. The largest absolute Gasteiger partial charge is 0.391 e. The highest BCUT2D eigenvalue weighted by Crippen LogP contribution is 2.33. The third-order valence-corrected chi connectivity index (χ3v) is 2.98. The number of nitrogens with two attached hydrogens (primary N) is 1. The molecule has 1 atom stereocenters. The summed E-state index contributed by atoms with van der Waals surface area (Å²) in [6.45, 7) is 0.525. The van der Waals surface area contributed by atoms with Crippen molar-refractivity contribution in [2.45, 2.75) is 25.5 Å². The van der Waals surface area contributed by atoms with Gasteiger partial charge in [0.05, 0.1) is 19.0 Å². The summed E-state index contributed by atoms with van der Waals surface area (Å²) in [5.41, 5.74) is 6.97. The Balaban J connectivity index is 1.94. The number of anilines is 1. The molecule has 0 saturated heterocycles. The van der Waals surface area contributed by atoms with Gasteiger partial charge >= 0.3 is 0 Å². The first-order valence-corrected chi connectivity index (χ1v) is 5.35. The summed E-state index contributed by atoms with van der Waals surface area (Å²) in [4.78, 5) is 12.2. The number of aliphatic hydroxyl groups excluding tert-OH is 1. The van der Waals surface area contributed by atoms with Crippen molar-refractivity contribution < 1.29 is 5.11 Å². The topological polar surface area (TPSA) is 89.9 Å². The zero-order valence-corrected chi connectivity index (χ0v) is 8.74. The van der Waals surface area contributed by atoms with Gasteiger partial charge in [0.1, 0.15) is 11.8 Å². The van der Waals surface area contributed by atoms with Crippen molar-refractivity contribution in [2.75, 3.05) is 5.73 Å². The van der Waals surface area contributed by atoms with Crippen molar-refractivity contribution in [1.82, 2.24) is 19.5 Å². The molecule has 0 amide bonds. The number of nitrogens with zero attached hydrogens (tertiary/aromatic N) is 4. The third-order valence-electron chi connectivity index (χ3n) is 2.98. The third kappa shape index (κ3) is 1.51. The molecule has 6 heteroatoms. The first-order valence-electron chi connectivity index (χ1n) is 5.35. The monoisotopic (exact) mass is 219 g/mol. The summed E-state index contributed by atoms with van der Waals surface area (Å²) in [6.07, 6.45) is 4.99. The van der Waals surface area contributed by atoms with E-state index in [2.05, 4.69) is 15.0 Å². The van der Waals surface area contributed by atoms with Gasteiger partial charge in [-0.05, 0) is 18.8 Å². The lowest BCUT2D eigenvalue weighted by Gasteiger charge is -2.09. The number of hydrogen-bond acceptors (Lipinski definition) is 5. The van der Waals surface area contributed by atoms with Gasteiger partial charge in [-0.25, -0.2) is 15.0 Å². The molecular weight excluding hydrogens is 206 g/mol. The van der Waals surface area contributed by atoms with Crippen LogP contribution in [0.15, 0.2) is 12.7 Å². The smallest absolute Gasteiger partial charge is 0.165 e. The van der Waals surface area contributed by atoms with E-state index in [-0.39, 0.29) is 6.10 Å². The van der Waals surface area contributed by atoms with Crippen LogP contribution >= 0.6 is 0 Å². The molecule has 0 bridgehead atoms. The van der Waals surface area contributed by atoms with Gasteiger partial charge in [-0.3, -0.25) is 0 Å². The summed E-state index contributed by atoms with van der Waals surface area (Å²) >= 11 is 0. The molecule has 6 nitrogen and oxygen atoms in total. The highest BCUT2D eigenvalue weighted by atomic mass is 16.3. The van der Waals surface area contributed by atoms with Crippen LogP contribution in [0.5, 0.6) is 0 Å². The minimum Gasteiger partial charge on any atom is -0.391 e. The lowest BCUT2D eigenvalue weighted by molar-refractivity contribution is 0.132. The predicted octanol–water partition coefficient (Wildman–Crippen LogP) is 0.179. The minimum absolute atomic E-state index is 0.311. The summed E-state index contributed by atoms with van der Waals surface area (Å²) in [5, 5.41) is 9.87. The van der Waals surface area contributed by atoms with Crippen LogP contribution in [0.2, 0.25) is 0 Å². The van der Waals surface area contributed by atoms with Crippen LogP contribution in [0.25, 0.3) is 11.2 Å². The molecule has 0 aliphatic heterocycles. The Hall–Kier alpha value is -1.69. The molecule has 3 rings (SSSR count). The summed E-state index contributed by atoms with van der Waals surface area (Å²) in [6, 6.07) is 0. The average molecular weight is 219 g/mol. The molecule has 1 saturated carbocycles. The van der Waals surface area contributed by atoms with Crippen LogP contribution in [0.3, 0.4) is 0 Å². The number of fused-ring (bicyclic) bond motifs is 1.